The number of fused-ring (bicyclic) bond motifs is 1. The van der Waals surface area contributed by atoms with E-state index in [-0.39, 0.29) is 17.6 Å². The Hall–Kier alpha value is -2.74. The molecule has 1 unspecified atom stereocenters. The van der Waals surface area contributed by atoms with Crippen LogP contribution in [0.15, 0.2) is 52.3 Å². The zero-order valence-corrected chi connectivity index (χ0v) is 17.3. The standard InChI is InChI=1S/C21H22ClF3N4O/c1-12-3-6-17-16(27-8-7-21(23,24)25)11-19(22)28-29(17)18(9-12)14-4-5-15(20(26)30)13(2)10-14/h4-6,9-12,28H,3,7-8H2,1-2H3,(H2,26,30). The zero-order chi connectivity index (χ0) is 22.1. The number of hydrazine groups is 1. The number of hydrogen-bond acceptors (Lipinski definition) is 4. The van der Waals surface area contributed by atoms with E-state index in [2.05, 4.69) is 10.4 Å². The van der Waals surface area contributed by atoms with E-state index in [9.17, 15) is 18.0 Å². The first-order valence-corrected chi connectivity index (χ1v) is 9.81. The predicted octanol–water partition coefficient (Wildman–Crippen LogP) is 4.65. The summed E-state index contributed by atoms with van der Waals surface area (Å²) in [6, 6.07) is 5.28. The number of nitrogens with two attached hydrogens (primary N) is 1. The van der Waals surface area contributed by atoms with Crippen molar-refractivity contribution >= 4 is 28.9 Å². The van der Waals surface area contributed by atoms with Crippen molar-refractivity contribution in [3.8, 4) is 0 Å². The van der Waals surface area contributed by atoms with Crippen LogP contribution in [0.25, 0.3) is 5.70 Å². The van der Waals surface area contributed by atoms with E-state index in [1.807, 2.05) is 25.1 Å². The summed E-state index contributed by atoms with van der Waals surface area (Å²) in [6.07, 6.45) is 0.890. The highest BCUT2D eigenvalue weighted by Crippen LogP contribution is 2.33. The summed E-state index contributed by atoms with van der Waals surface area (Å²) in [5, 5.41) is 1.96. The van der Waals surface area contributed by atoms with E-state index in [0.29, 0.717) is 23.4 Å². The fourth-order valence-electron chi connectivity index (χ4n) is 3.36. The van der Waals surface area contributed by atoms with Gasteiger partial charge in [0, 0.05) is 23.7 Å². The average molecular weight is 439 g/mol. The van der Waals surface area contributed by atoms with Crippen LogP contribution in [0.1, 0.15) is 41.3 Å². The van der Waals surface area contributed by atoms with Gasteiger partial charge in [-0.15, -0.1) is 0 Å². The SMILES string of the molecule is Cc1cc(C2=CC(C)CC=C3C(=NCCC(F)(F)F)C=C(Cl)NN32)ccc1C(N)=O. The first kappa shape index (κ1) is 22.0. The van der Waals surface area contributed by atoms with Crippen LogP contribution in [-0.4, -0.2) is 29.3 Å². The second-order valence-electron chi connectivity index (χ2n) is 7.32. The van der Waals surface area contributed by atoms with Gasteiger partial charge in [0.2, 0.25) is 5.91 Å². The van der Waals surface area contributed by atoms with Crippen molar-refractivity contribution in [2.75, 3.05) is 6.54 Å². The molecule has 3 N–H and O–H groups in total. The van der Waals surface area contributed by atoms with Crippen LogP contribution < -0.4 is 11.2 Å². The molecule has 0 aliphatic carbocycles. The maximum absolute atomic E-state index is 12.6. The predicted molar refractivity (Wildman–Crippen MR) is 111 cm³/mol. The summed E-state index contributed by atoms with van der Waals surface area (Å²) in [7, 11) is 0. The molecule has 2 heterocycles. The van der Waals surface area contributed by atoms with Crippen molar-refractivity contribution in [3.05, 3.63) is 64.0 Å². The summed E-state index contributed by atoms with van der Waals surface area (Å²) < 4.78 is 37.7. The minimum Gasteiger partial charge on any atom is -0.366 e. The molecule has 1 atom stereocenters. The van der Waals surface area contributed by atoms with Crippen LogP contribution in [0, 0.1) is 12.8 Å². The molecule has 5 nitrogen and oxygen atoms in total. The van der Waals surface area contributed by atoms with Crippen molar-refractivity contribution in [1.82, 2.24) is 10.4 Å². The Balaban J connectivity index is 2.00. The van der Waals surface area contributed by atoms with Gasteiger partial charge in [-0.3, -0.25) is 20.2 Å². The lowest BCUT2D eigenvalue weighted by molar-refractivity contribution is -0.132. The number of allylic oxidation sites excluding steroid dienone is 3. The number of amides is 1. The maximum atomic E-state index is 12.6. The summed E-state index contributed by atoms with van der Waals surface area (Å²) >= 11 is 6.23. The van der Waals surface area contributed by atoms with Crippen LogP contribution in [0.5, 0.6) is 0 Å². The summed E-state index contributed by atoms with van der Waals surface area (Å²) in [6.45, 7) is 3.45. The van der Waals surface area contributed by atoms with Crippen LogP contribution in [0.4, 0.5) is 13.2 Å². The highest BCUT2D eigenvalue weighted by molar-refractivity contribution is 6.32. The molecule has 0 bridgehead atoms. The van der Waals surface area contributed by atoms with E-state index in [1.165, 1.54) is 6.08 Å². The molecule has 1 aromatic carbocycles. The third-order valence-corrected chi connectivity index (χ3v) is 5.01. The molecular weight excluding hydrogens is 417 g/mol. The van der Waals surface area contributed by atoms with E-state index >= 15 is 0 Å². The Kier molecular flexibility index (Phi) is 6.26. The molecule has 0 aromatic heterocycles. The monoisotopic (exact) mass is 438 g/mol. The number of primary amides is 1. The average Bonchev–Trinajstić information content (AvgIpc) is 2.79. The number of carbonyl (C=O) groups excluding carboxylic acids is 1. The Morgan fingerprint density at radius 1 is 1.37 bits per heavy atom. The number of aliphatic imine (C=N–C) groups is 1. The van der Waals surface area contributed by atoms with E-state index in [1.54, 1.807) is 24.1 Å². The number of alkyl halides is 3. The molecule has 9 heteroatoms. The molecule has 160 valence electrons. The van der Waals surface area contributed by atoms with Gasteiger partial charge >= 0.3 is 6.18 Å². The highest BCUT2D eigenvalue weighted by atomic mass is 35.5. The summed E-state index contributed by atoms with van der Waals surface area (Å²) in [5.41, 5.74) is 12.2. The van der Waals surface area contributed by atoms with Gasteiger partial charge in [0.1, 0.15) is 5.16 Å². The van der Waals surface area contributed by atoms with Gasteiger partial charge in [0.15, 0.2) is 0 Å². The number of rotatable bonds is 4. The molecule has 0 spiro atoms. The number of halogens is 4. The fourth-order valence-corrected chi connectivity index (χ4v) is 3.55. The van der Waals surface area contributed by atoms with Gasteiger partial charge in [-0.2, -0.15) is 13.2 Å². The molecule has 1 aromatic rings. The van der Waals surface area contributed by atoms with Gasteiger partial charge in [0.25, 0.3) is 0 Å². The lowest BCUT2D eigenvalue weighted by Gasteiger charge is -2.33. The molecule has 0 fully saturated rings. The van der Waals surface area contributed by atoms with Crippen molar-refractivity contribution in [1.29, 1.82) is 0 Å². The smallest absolute Gasteiger partial charge is 0.366 e. The highest BCUT2D eigenvalue weighted by Gasteiger charge is 2.29. The summed E-state index contributed by atoms with van der Waals surface area (Å²) in [4.78, 5) is 15.7. The number of nitrogens with zero attached hydrogens (tertiary/aromatic N) is 2. The van der Waals surface area contributed by atoms with E-state index in [0.717, 1.165) is 16.8 Å². The molecule has 1 amide bonds. The molecule has 0 saturated carbocycles. The molecule has 2 aliphatic heterocycles. The largest absolute Gasteiger partial charge is 0.390 e. The molecule has 3 rings (SSSR count). The Bertz CT molecular complexity index is 979. The Morgan fingerprint density at radius 2 is 2.10 bits per heavy atom. The van der Waals surface area contributed by atoms with Crippen LogP contribution in [0.3, 0.4) is 0 Å². The first-order chi connectivity index (χ1) is 14.0. The van der Waals surface area contributed by atoms with Crippen molar-refractivity contribution < 1.29 is 18.0 Å². The normalized spacial score (nSPS) is 20.6. The second-order valence-corrected chi connectivity index (χ2v) is 7.73. The van der Waals surface area contributed by atoms with Gasteiger partial charge in [-0.1, -0.05) is 36.7 Å². The lowest BCUT2D eigenvalue weighted by atomic mass is 10.00. The van der Waals surface area contributed by atoms with Gasteiger partial charge in [-0.25, -0.2) is 0 Å². The number of hydrogen-bond donors (Lipinski definition) is 2. The summed E-state index contributed by atoms with van der Waals surface area (Å²) in [5.74, 6) is -0.352. The number of benzene rings is 1. The minimum atomic E-state index is -4.28. The number of aryl methyl sites for hydroxylation is 1. The van der Waals surface area contributed by atoms with Gasteiger partial charge in [0.05, 0.1) is 23.5 Å². The first-order valence-electron chi connectivity index (χ1n) is 9.43. The zero-order valence-electron chi connectivity index (χ0n) is 16.6. The maximum Gasteiger partial charge on any atom is 0.390 e. The molecule has 2 aliphatic rings. The molecule has 0 saturated heterocycles. The second kappa shape index (κ2) is 8.55. The lowest BCUT2D eigenvalue weighted by Crippen LogP contribution is -2.40. The third kappa shape index (κ3) is 5.05. The van der Waals surface area contributed by atoms with Crippen LogP contribution >= 0.6 is 11.6 Å². The van der Waals surface area contributed by atoms with Crippen molar-refractivity contribution in [2.24, 2.45) is 16.6 Å². The van der Waals surface area contributed by atoms with Gasteiger partial charge < -0.3 is 5.73 Å². The number of carbonyl (C=O) groups is 1. The molecule has 30 heavy (non-hydrogen) atoms. The third-order valence-electron chi connectivity index (χ3n) is 4.82. The van der Waals surface area contributed by atoms with Crippen molar-refractivity contribution in [2.45, 2.75) is 32.9 Å². The fraction of sp³-hybridized carbons (Fsp3) is 0.333. The van der Waals surface area contributed by atoms with Crippen molar-refractivity contribution in [3.63, 3.8) is 0 Å². The molecule has 0 radical (unpaired) electrons. The minimum absolute atomic E-state index is 0.159. The molecular formula is C21H22ClF3N4O. The van der Waals surface area contributed by atoms with Gasteiger partial charge in [-0.05, 0) is 37.0 Å². The Morgan fingerprint density at radius 3 is 2.73 bits per heavy atom. The Labute approximate surface area is 177 Å². The number of nitrogens with one attached hydrogen (secondary N) is 1. The van der Waals surface area contributed by atoms with Crippen LogP contribution in [-0.2, 0) is 0 Å². The van der Waals surface area contributed by atoms with E-state index < -0.39 is 18.5 Å². The quantitative estimate of drug-likeness (QED) is 0.672. The topological polar surface area (TPSA) is 70.7 Å². The van der Waals surface area contributed by atoms with E-state index in [4.69, 9.17) is 17.3 Å². The van der Waals surface area contributed by atoms with Crippen LogP contribution in [0.2, 0.25) is 0 Å².